The molecule has 1 rings (SSSR count). The van der Waals surface area contributed by atoms with E-state index in [2.05, 4.69) is 49.2 Å². The van der Waals surface area contributed by atoms with Gasteiger partial charge in [0.2, 0.25) is 0 Å². The maximum atomic E-state index is 5.68. The second kappa shape index (κ2) is 10.2. The van der Waals surface area contributed by atoms with Crippen molar-refractivity contribution in [3.63, 3.8) is 0 Å². The third-order valence-corrected chi connectivity index (χ3v) is 4.56. The molecule has 0 radical (unpaired) electrons. The monoisotopic (exact) mass is 335 g/mol. The highest BCUT2D eigenvalue weighted by atomic mass is 32.2. The van der Waals surface area contributed by atoms with E-state index in [1.807, 2.05) is 36.0 Å². The highest BCUT2D eigenvalue weighted by Gasteiger charge is 2.16. The second-order valence-corrected chi connectivity index (χ2v) is 7.23. The third-order valence-electron chi connectivity index (χ3n) is 3.32. The predicted molar refractivity (Wildman–Crippen MR) is 103 cm³/mol. The first-order valence-corrected chi connectivity index (χ1v) is 9.13. The normalized spacial score (nSPS) is 11.9. The summed E-state index contributed by atoms with van der Waals surface area (Å²) in [7, 11) is 0. The first kappa shape index (κ1) is 19.4. The van der Waals surface area contributed by atoms with Gasteiger partial charge in [-0.3, -0.25) is 0 Å². The molecular formula is C18H29N3OS. The van der Waals surface area contributed by atoms with Gasteiger partial charge >= 0.3 is 0 Å². The van der Waals surface area contributed by atoms with E-state index in [1.165, 1.54) is 0 Å². The Morgan fingerprint density at radius 3 is 2.74 bits per heavy atom. The minimum Gasteiger partial charge on any atom is -0.489 e. The van der Waals surface area contributed by atoms with Crippen molar-refractivity contribution >= 4 is 17.7 Å². The topological polar surface area (TPSA) is 45.6 Å². The third kappa shape index (κ3) is 7.46. The highest BCUT2D eigenvalue weighted by Crippen LogP contribution is 2.20. The predicted octanol–water partition coefficient (Wildman–Crippen LogP) is 3.45. The number of hydrogen-bond acceptors (Lipinski definition) is 3. The molecule has 0 heterocycles. The summed E-state index contributed by atoms with van der Waals surface area (Å²) in [6, 6.07) is 7.97. The lowest BCUT2D eigenvalue weighted by Crippen LogP contribution is -2.43. The molecule has 23 heavy (non-hydrogen) atoms. The SMILES string of the molecule is C=CCOc1ccccc1CN=C(NCC)NCC(C)(C)SC. The molecule has 0 fully saturated rings. The number of rotatable bonds is 9. The van der Waals surface area contributed by atoms with Crippen LogP contribution in [0.1, 0.15) is 26.3 Å². The van der Waals surface area contributed by atoms with E-state index < -0.39 is 0 Å². The van der Waals surface area contributed by atoms with Gasteiger partial charge < -0.3 is 15.4 Å². The lowest BCUT2D eigenvalue weighted by molar-refractivity contribution is 0.359. The van der Waals surface area contributed by atoms with Gasteiger partial charge in [-0.15, -0.1) is 0 Å². The van der Waals surface area contributed by atoms with Crippen molar-refractivity contribution in [3.8, 4) is 5.75 Å². The van der Waals surface area contributed by atoms with Gasteiger partial charge in [0, 0.05) is 23.4 Å². The molecule has 0 atom stereocenters. The van der Waals surface area contributed by atoms with Crippen LogP contribution in [0.2, 0.25) is 0 Å². The van der Waals surface area contributed by atoms with Crippen LogP contribution in [0, 0.1) is 0 Å². The van der Waals surface area contributed by atoms with Crippen molar-refractivity contribution in [1.29, 1.82) is 0 Å². The van der Waals surface area contributed by atoms with Crippen molar-refractivity contribution in [1.82, 2.24) is 10.6 Å². The number of guanidine groups is 1. The molecule has 0 aliphatic rings. The molecule has 0 saturated heterocycles. The summed E-state index contributed by atoms with van der Waals surface area (Å²) in [5, 5.41) is 6.69. The molecule has 0 aromatic heterocycles. The molecule has 1 aromatic rings. The maximum Gasteiger partial charge on any atom is 0.191 e. The minimum atomic E-state index is 0.168. The summed E-state index contributed by atoms with van der Waals surface area (Å²) in [6.07, 6.45) is 3.87. The van der Waals surface area contributed by atoms with Gasteiger partial charge in [0.05, 0.1) is 6.54 Å². The Morgan fingerprint density at radius 1 is 1.35 bits per heavy atom. The fourth-order valence-electron chi connectivity index (χ4n) is 1.80. The number of benzene rings is 1. The van der Waals surface area contributed by atoms with E-state index in [9.17, 15) is 0 Å². The Balaban J connectivity index is 2.75. The van der Waals surface area contributed by atoms with Gasteiger partial charge in [-0.2, -0.15) is 11.8 Å². The van der Waals surface area contributed by atoms with Gasteiger partial charge in [0.15, 0.2) is 5.96 Å². The fourth-order valence-corrected chi connectivity index (χ4v) is 2.02. The van der Waals surface area contributed by atoms with Crippen LogP contribution in [-0.2, 0) is 6.54 Å². The summed E-state index contributed by atoms with van der Waals surface area (Å²) >= 11 is 1.84. The zero-order valence-corrected chi connectivity index (χ0v) is 15.5. The Bertz CT molecular complexity index is 515. The minimum absolute atomic E-state index is 0.168. The van der Waals surface area contributed by atoms with Gasteiger partial charge in [-0.25, -0.2) is 4.99 Å². The molecule has 128 valence electrons. The lowest BCUT2D eigenvalue weighted by atomic mass is 10.2. The van der Waals surface area contributed by atoms with Crippen molar-refractivity contribution in [2.45, 2.75) is 32.1 Å². The summed E-state index contributed by atoms with van der Waals surface area (Å²) in [5.74, 6) is 1.68. The van der Waals surface area contributed by atoms with Crippen molar-refractivity contribution in [2.24, 2.45) is 4.99 Å². The zero-order valence-electron chi connectivity index (χ0n) is 14.7. The largest absolute Gasteiger partial charge is 0.489 e. The van der Waals surface area contributed by atoms with Crippen LogP contribution in [0.25, 0.3) is 0 Å². The molecule has 2 N–H and O–H groups in total. The highest BCUT2D eigenvalue weighted by molar-refractivity contribution is 7.99. The van der Waals surface area contributed by atoms with Crippen molar-refractivity contribution in [3.05, 3.63) is 42.5 Å². The van der Waals surface area contributed by atoms with Crippen LogP contribution in [0.3, 0.4) is 0 Å². The Morgan fingerprint density at radius 2 is 2.09 bits per heavy atom. The fraction of sp³-hybridized carbons (Fsp3) is 0.500. The molecule has 0 unspecified atom stereocenters. The molecule has 1 aromatic carbocycles. The first-order chi connectivity index (χ1) is 11.0. The van der Waals surface area contributed by atoms with Gasteiger partial charge in [-0.05, 0) is 33.1 Å². The summed E-state index contributed by atoms with van der Waals surface area (Å²) < 4.78 is 5.85. The molecule has 0 aliphatic heterocycles. The van der Waals surface area contributed by atoms with Crippen LogP contribution in [0.15, 0.2) is 41.9 Å². The van der Waals surface area contributed by atoms with Gasteiger partial charge in [0.1, 0.15) is 12.4 Å². The standard InChI is InChI=1S/C18H29N3OS/c1-6-12-22-16-11-9-8-10-15(16)13-20-17(19-7-2)21-14-18(3,4)23-5/h6,8-11H,1,7,12-14H2,2-5H3,(H2,19,20,21). The quantitative estimate of drug-likeness (QED) is 0.412. The second-order valence-electron chi connectivity index (χ2n) is 5.72. The summed E-state index contributed by atoms with van der Waals surface area (Å²) in [4.78, 5) is 4.67. The lowest BCUT2D eigenvalue weighted by Gasteiger charge is -2.23. The van der Waals surface area contributed by atoms with E-state index in [0.29, 0.717) is 13.2 Å². The smallest absolute Gasteiger partial charge is 0.191 e. The summed E-state index contributed by atoms with van der Waals surface area (Å²) in [5.41, 5.74) is 1.07. The van der Waals surface area contributed by atoms with E-state index in [1.54, 1.807) is 6.08 Å². The number of aliphatic imine (C=N–C) groups is 1. The van der Waals surface area contributed by atoms with E-state index in [0.717, 1.165) is 30.4 Å². The average Bonchev–Trinajstić information content (AvgIpc) is 2.56. The molecule has 0 bridgehead atoms. The van der Waals surface area contributed by atoms with E-state index in [4.69, 9.17) is 4.74 Å². The molecule has 0 spiro atoms. The van der Waals surface area contributed by atoms with Crippen molar-refractivity contribution < 1.29 is 4.74 Å². The first-order valence-electron chi connectivity index (χ1n) is 7.91. The molecule has 0 aliphatic carbocycles. The van der Waals surface area contributed by atoms with E-state index >= 15 is 0 Å². The van der Waals surface area contributed by atoms with Gasteiger partial charge in [0.25, 0.3) is 0 Å². The number of nitrogens with one attached hydrogen (secondary N) is 2. The van der Waals surface area contributed by atoms with Crippen LogP contribution >= 0.6 is 11.8 Å². The zero-order chi connectivity index (χ0) is 17.1. The average molecular weight is 336 g/mol. The number of ether oxygens (including phenoxy) is 1. The number of para-hydroxylation sites is 1. The number of thioether (sulfide) groups is 1. The Kier molecular flexibility index (Phi) is 8.62. The Hall–Kier alpha value is -1.62. The van der Waals surface area contributed by atoms with Crippen LogP contribution < -0.4 is 15.4 Å². The number of nitrogens with zero attached hydrogens (tertiary/aromatic N) is 1. The van der Waals surface area contributed by atoms with Crippen molar-refractivity contribution in [2.75, 3.05) is 26.0 Å². The van der Waals surface area contributed by atoms with Gasteiger partial charge in [-0.1, -0.05) is 30.9 Å². The molecule has 4 nitrogen and oxygen atoms in total. The maximum absolute atomic E-state index is 5.68. The number of hydrogen-bond donors (Lipinski definition) is 2. The van der Waals surface area contributed by atoms with E-state index in [-0.39, 0.29) is 4.75 Å². The van der Waals surface area contributed by atoms with Crippen LogP contribution in [0.5, 0.6) is 5.75 Å². The molecule has 0 amide bonds. The molecule has 0 saturated carbocycles. The molecule has 5 heteroatoms. The Labute approximate surface area is 144 Å². The summed E-state index contributed by atoms with van der Waals surface area (Å²) in [6.45, 7) is 12.9. The van der Waals surface area contributed by atoms with Crippen LogP contribution in [-0.4, -0.2) is 36.7 Å². The van der Waals surface area contributed by atoms with Crippen LogP contribution in [0.4, 0.5) is 0 Å². The molecular weight excluding hydrogens is 306 g/mol.